The first-order chi connectivity index (χ1) is 17.0. The minimum atomic E-state index is -0.855. The van der Waals surface area contributed by atoms with Crippen LogP contribution in [-0.4, -0.2) is 42.4 Å². The highest BCUT2D eigenvalue weighted by molar-refractivity contribution is 6.31. The van der Waals surface area contributed by atoms with Gasteiger partial charge >= 0.3 is 6.03 Å². The van der Waals surface area contributed by atoms with Crippen LogP contribution in [0.25, 0.3) is 6.08 Å². The summed E-state index contributed by atoms with van der Waals surface area (Å²) in [5.74, 6) is -1.25. The van der Waals surface area contributed by atoms with Gasteiger partial charge in [-0.2, -0.15) is 0 Å². The first-order valence-corrected chi connectivity index (χ1v) is 10.5. The van der Waals surface area contributed by atoms with Gasteiger partial charge in [0.15, 0.2) is 18.1 Å². The van der Waals surface area contributed by atoms with Gasteiger partial charge in [0.05, 0.1) is 19.9 Å². The number of benzene rings is 2. The molecular formula is C25H21N3O7. The largest absolute Gasteiger partial charge is 0.493 e. The maximum absolute atomic E-state index is 13.0. The van der Waals surface area contributed by atoms with Gasteiger partial charge in [-0.1, -0.05) is 30.3 Å². The number of ether oxygens (including phenoxy) is 2. The van der Waals surface area contributed by atoms with Crippen molar-refractivity contribution in [2.75, 3.05) is 19.0 Å². The van der Waals surface area contributed by atoms with E-state index in [0.717, 1.165) is 4.90 Å². The zero-order chi connectivity index (χ0) is 24.8. The molecule has 178 valence electrons. The third-order valence-corrected chi connectivity index (χ3v) is 5.01. The smallest absolute Gasteiger partial charge is 0.331 e. The standard InChI is InChI=1S/C25H21N3O7/c1-33-20-11-5-7-16(22(20)35-15-21(29)26-17-8-3-2-4-9-17)13-19-23(30)27-25(32)28(24(19)31)14-18-10-6-12-34-18/h2-13H,14-15H2,1H3,(H,26,29)(H,27,30,32). The fraction of sp³-hybridized carbons (Fsp3) is 0.120. The van der Waals surface area contributed by atoms with E-state index in [1.165, 1.54) is 19.4 Å². The number of amides is 5. The van der Waals surface area contributed by atoms with E-state index in [-0.39, 0.29) is 24.5 Å². The second-order valence-electron chi connectivity index (χ2n) is 7.37. The Bertz CT molecular complexity index is 1280. The predicted molar refractivity (Wildman–Crippen MR) is 124 cm³/mol. The maximum atomic E-state index is 13.0. The maximum Gasteiger partial charge on any atom is 0.331 e. The number of carbonyl (C=O) groups is 4. The van der Waals surface area contributed by atoms with Crippen LogP contribution in [-0.2, 0) is 20.9 Å². The molecule has 10 heteroatoms. The lowest BCUT2D eigenvalue weighted by molar-refractivity contribution is -0.130. The van der Waals surface area contributed by atoms with Crippen LogP contribution in [0.15, 0.2) is 76.9 Å². The van der Waals surface area contributed by atoms with Crippen LogP contribution in [0.2, 0.25) is 0 Å². The number of carbonyl (C=O) groups excluding carboxylic acids is 4. The molecule has 1 aromatic heterocycles. The third-order valence-electron chi connectivity index (χ3n) is 5.01. The number of barbiturate groups is 1. The Morgan fingerprint density at radius 1 is 1.06 bits per heavy atom. The molecule has 1 aliphatic rings. The highest BCUT2D eigenvalue weighted by atomic mass is 16.5. The lowest BCUT2D eigenvalue weighted by Gasteiger charge is -2.25. The van der Waals surface area contributed by atoms with Crippen molar-refractivity contribution in [3.8, 4) is 11.5 Å². The van der Waals surface area contributed by atoms with Crippen LogP contribution in [0.5, 0.6) is 11.5 Å². The molecule has 0 spiro atoms. The van der Waals surface area contributed by atoms with Gasteiger partial charge in [-0.25, -0.2) is 4.79 Å². The van der Waals surface area contributed by atoms with Gasteiger partial charge in [0.2, 0.25) is 0 Å². The highest BCUT2D eigenvalue weighted by Crippen LogP contribution is 2.33. The van der Waals surface area contributed by atoms with Gasteiger partial charge < -0.3 is 19.2 Å². The van der Waals surface area contributed by atoms with Crippen molar-refractivity contribution in [1.29, 1.82) is 0 Å². The van der Waals surface area contributed by atoms with Crippen LogP contribution < -0.4 is 20.1 Å². The molecule has 2 N–H and O–H groups in total. The lowest BCUT2D eigenvalue weighted by atomic mass is 10.1. The van der Waals surface area contributed by atoms with Crippen LogP contribution in [0, 0.1) is 0 Å². The Kier molecular flexibility index (Phi) is 6.91. The van der Waals surface area contributed by atoms with E-state index in [1.54, 1.807) is 54.6 Å². The van der Waals surface area contributed by atoms with Crippen molar-refractivity contribution < 1.29 is 33.1 Å². The fourth-order valence-electron chi connectivity index (χ4n) is 3.37. The molecule has 0 bridgehead atoms. The molecule has 1 aliphatic heterocycles. The summed E-state index contributed by atoms with van der Waals surface area (Å²) >= 11 is 0. The van der Waals surface area contributed by atoms with Gasteiger partial charge in [0.25, 0.3) is 17.7 Å². The number of furan rings is 1. The number of imide groups is 2. The summed E-state index contributed by atoms with van der Waals surface area (Å²) < 4.78 is 16.3. The number of nitrogens with zero attached hydrogens (tertiary/aromatic N) is 1. The van der Waals surface area contributed by atoms with E-state index in [0.29, 0.717) is 22.8 Å². The van der Waals surface area contributed by atoms with Crippen LogP contribution in [0.4, 0.5) is 10.5 Å². The summed E-state index contributed by atoms with van der Waals surface area (Å²) in [6.07, 6.45) is 2.70. The summed E-state index contributed by atoms with van der Waals surface area (Å²) in [4.78, 5) is 51.0. The SMILES string of the molecule is COc1cccc(C=C2C(=O)NC(=O)N(Cc3ccco3)C2=O)c1OCC(=O)Nc1ccccc1. The first-order valence-electron chi connectivity index (χ1n) is 10.5. The summed E-state index contributed by atoms with van der Waals surface area (Å²) in [5, 5.41) is 4.85. The fourth-order valence-corrected chi connectivity index (χ4v) is 3.37. The summed E-state index contributed by atoms with van der Waals surface area (Å²) in [6.45, 7) is -0.502. The Morgan fingerprint density at radius 2 is 1.86 bits per heavy atom. The van der Waals surface area contributed by atoms with Gasteiger partial charge in [-0.15, -0.1) is 0 Å². The van der Waals surface area contributed by atoms with Gasteiger partial charge in [0.1, 0.15) is 11.3 Å². The number of para-hydroxylation sites is 2. The van der Waals surface area contributed by atoms with Gasteiger partial charge in [-0.3, -0.25) is 24.6 Å². The van der Waals surface area contributed by atoms with E-state index in [1.807, 2.05) is 6.07 Å². The van der Waals surface area contributed by atoms with Gasteiger partial charge in [-0.05, 0) is 36.4 Å². The minimum absolute atomic E-state index is 0.149. The lowest BCUT2D eigenvalue weighted by Crippen LogP contribution is -2.53. The molecule has 35 heavy (non-hydrogen) atoms. The van der Waals surface area contributed by atoms with Crippen molar-refractivity contribution in [3.05, 3.63) is 83.8 Å². The Hall–Kier alpha value is -4.86. The molecule has 5 amide bonds. The molecule has 0 saturated carbocycles. The zero-order valence-corrected chi connectivity index (χ0v) is 18.6. The van der Waals surface area contributed by atoms with Gasteiger partial charge in [0, 0.05) is 11.3 Å². The van der Waals surface area contributed by atoms with Crippen molar-refractivity contribution in [1.82, 2.24) is 10.2 Å². The number of hydrogen-bond donors (Lipinski definition) is 2. The molecule has 0 radical (unpaired) electrons. The van der Waals surface area contributed by atoms with E-state index < -0.39 is 23.8 Å². The predicted octanol–water partition coefficient (Wildman–Crippen LogP) is 2.97. The van der Waals surface area contributed by atoms with E-state index in [4.69, 9.17) is 13.9 Å². The third kappa shape index (κ3) is 5.38. The minimum Gasteiger partial charge on any atom is -0.493 e. The van der Waals surface area contributed by atoms with Crippen molar-refractivity contribution in [2.24, 2.45) is 0 Å². The molecule has 0 aliphatic carbocycles. The Morgan fingerprint density at radius 3 is 2.57 bits per heavy atom. The quantitative estimate of drug-likeness (QED) is 0.379. The molecule has 2 heterocycles. The molecule has 1 saturated heterocycles. The average molecular weight is 475 g/mol. The molecule has 3 aromatic rings. The summed E-state index contributed by atoms with van der Waals surface area (Å²) in [7, 11) is 1.42. The molecule has 4 rings (SSSR count). The molecular weight excluding hydrogens is 454 g/mol. The average Bonchev–Trinajstić information content (AvgIpc) is 3.37. The summed E-state index contributed by atoms with van der Waals surface area (Å²) in [5.41, 5.74) is 0.625. The highest BCUT2D eigenvalue weighted by Gasteiger charge is 2.36. The first kappa shape index (κ1) is 23.3. The number of urea groups is 1. The van der Waals surface area contributed by atoms with Crippen molar-refractivity contribution in [3.63, 3.8) is 0 Å². The van der Waals surface area contributed by atoms with Crippen LogP contribution in [0.1, 0.15) is 11.3 Å². The Labute approximate surface area is 200 Å². The number of rotatable bonds is 8. The number of methoxy groups -OCH3 is 1. The number of nitrogens with one attached hydrogen (secondary N) is 2. The van der Waals surface area contributed by atoms with E-state index in [2.05, 4.69) is 10.6 Å². The second-order valence-corrected chi connectivity index (χ2v) is 7.37. The second kappa shape index (κ2) is 10.4. The molecule has 0 unspecified atom stereocenters. The Balaban J connectivity index is 1.58. The van der Waals surface area contributed by atoms with Crippen LogP contribution in [0.3, 0.4) is 0 Å². The topological polar surface area (TPSA) is 127 Å². The summed E-state index contributed by atoms with van der Waals surface area (Å²) in [6, 6.07) is 16.1. The van der Waals surface area contributed by atoms with Crippen molar-refractivity contribution >= 4 is 35.5 Å². The van der Waals surface area contributed by atoms with E-state index in [9.17, 15) is 19.2 Å². The molecule has 10 nitrogen and oxygen atoms in total. The monoisotopic (exact) mass is 475 g/mol. The normalized spacial score (nSPS) is 14.6. The zero-order valence-electron chi connectivity index (χ0n) is 18.6. The number of hydrogen-bond acceptors (Lipinski definition) is 7. The molecule has 0 atom stereocenters. The van der Waals surface area contributed by atoms with E-state index >= 15 is 0 Å². The van der Waals surface area contributed by atoms with Crippen LogP contribution >= 0.6 is 0 Å². The molecule has 2 aromatic carbocycles. The van der Waals surface area contributed by atoms with Crippen molar-refractivity contribution in [2.45, 2.75) is 6.54 Å². The number of anilines is 1. The molecule has 1 fully saturated rings.